The molecule has 1 aliphatic rings. The smallest absolute Gasteiger partial charge is 0.246 e. The number of hydrogen-bond acceptors (Lipinski definition) is 6. The first kappa shape index (κ1) is 20.9. The van der Waals surface area contributed by atoms with E-state index in [0.29, 0.717) is 19.1 Å². The predicted molar refractivity (Wildman–Crippen MR) is 98.3 cm³/mol. The normalized spacial score (nSPS) is 17.7. The van der Waals surface area contributed by atoms with Crippen LogP contribution >= 0.6 is 0 Å². The molecule has 0 aromatic carbocycles. The van der Waals surface area contributed by atoms with Crippen LogP contribution in [0.15, 0.2) is 9.42 Å². The maximum absolute atomic E-state index is 12.4. The number of nitrogens with one attached hydrogen (secondary N) is 3. The highest BCUT2D eigenvalue weighted by Gasteiger charge is 2.28. The zero-order valence-electron chi connectivity index (χ0n) is 15.8. The van der Waals surface area contributed by atoms with Gasteiger partial charge in [0.1, 0.15) is 10.6 Å². The topological polar surface area (TPSA) is 113 Å². The number of aryl methyl sites for hydroxylation is 2. The number of hydrogen-bond donors (Lipinski definition) is 3. The highest BCUT2D eigenvalue weighted by molar-refractivity contribution is 7.89. The average molecular weight is 387 g/mol. The average Bonchev–Trinajstić information content (AvgIpc) is 2.77. The van der Waals surface area contributed by atoms with Crippen molar-refractivity contribution in [3.8, 4) is 0 Å². The molecular weight excluding hydrogens is 356 g/mol. The molecule has 1 heterocycles. The number of carbonyl (C=O) groups excluding carboxylic acids is 1. The Morgan fingerprint density at radius 2 is 1.85 bits per heavy atom. The molecule has 1 unspecified atom stereocenters. The van der Waals surface area contributed by atoms with E-state index in [4.69, 9.17) is 4.52 Å². The summed E-state index contributed by atoms with van der Waals surface area (Å²) in [6, 6.07) is -0.364. The summed E-state index contributed by atoms with van der Waals surface area (Å²) in [5, 5.41) is 9.88. The molecule has 3 N–H and O–H groups in total. The standard InChI is InChI=1S/C17H30N4O4S/c1-12-16(14(3)25-20-12)26(23,24)21-13(2)17(22)19-11-10-18-15-8-6-4-5-7-9-15/h13,15,18,21H,4-11H2,1-3H3,(H,19,22). The molecule has 0 aliphatic heterocycles. The van der Waals surface area contributed by atoms with Crippen molar-refractivity contribution in [2.45, 2.75) is 76.3 Å². The molecular formula is C17H30N4O4S. The Morgan fingerprint density at radius 1 is 1.19 bits per heavy atom. The maximum Gasteiger partial charge on any atom is 0.246 e. The molecule has 26 heavy (non-hydrogen) atoms. The van der Waals surface area contributed by atoms with Gasteiger partial charge < -0.3 is 15.2 Å². The summed E-state index contributed by atoms with van der Waals surface area (Å²) in [7, 11) is -3.86. The fourth-order valence-corrected chi connectivity index (χ4v) is 4.83. The molecule has 0 radical (unpaired) electrons. The van der Waals surface area contributed by atoms with Gasteiger partial charge in [-0.05, 0) is 33.6 Å². The van der Waals surface area contributed by atoms with Crippen molar-refractivity contribution in [1.29, 1.82) is 0 Å². The van der Waals surface area contributed by atoms with Gasteiger partial charge in [-0.15, -0.1) is 0 Å². The molecule has 148 valence electrons. The summed E-state index contributed by atoms with van der Waals surface area (Å²) in [5.41, 5.74) is 0.273. The molecule has 1 fully saturated rings. The lowest BCUT2D eigenvalue weighted by atomic mass is 10.1. The second-order valence-corrected chi connectivity index (χ2v) is 8.58. The van der Waals surface area contributed by atoms with E-state index in [1.54, 1.807) is 6.92 Å². The van der Waals surface area contributed by atoms with Crippen molar-refractivity contribution >= 4 is 15.9 Å². The number of sulfonamides is 1. The van der Waals surface area contributed by atoms with Crippen LogP contribution in [-0.2, 0) is 14.8 Å². The van der Waals surface area contributed by atoms with Crippen molar-refractivity contribution in [2.75, 3.05) is 13.1 Å². The van der Waals surface area contributed by atoms with E-state index in [-0.39, 0.29) is 22.3 Å². The number of rotatable bonds is 8. The third kappa shape index (κ3) is 5.78. The Balaban J connectivity index is 1.76. The lowest BCUT2D eigenvalue weighted by Crippen LogP contribution is -2.46. The van der Waals surface area contributed by atoms with Crippen molar-refractivity contribution in [3.05, 3.63) is 11.5 Å². The van der Waals surface area contributed by atoms with Crippen LogP contribution in [-0.4, -0.2) is 44.7 Å². The summed E-state index contributed by atoms with van der Waals surface area (Å²) in [5.74, 6) is -0.154. The van der Waals surface area contributed by atoms with E-state index in [1.807, 2.05) is 0 Å². The second kappa shape index (κ2) is 9.48. The van der Waals surface area contributed by atoms with Crippen LogP contribution in [0, 0.1) is 13.8 Å². The van der Waals surface area contributed by atoms with Crippen LogP contribution in [0.1, 0.15) is 56.9 Å². The van der Waals surface area contributed by atoms with Gasteiger partial charge in [-0.3, -0.25) is 4.79 Å². The van der Waals surface area contributed by atoms with Gasteiger partial charge in [0.05, 0.1) is 6.04 Å². The largest absolute Gasteiger partial charge is 0.360 e. The molecule has 0 saturated heterocycles. The van der Waals surface area contributed by atoms with Crippen LogP contribution in [0.2, 0.25) is 0 Å². The van der Waals surface area contributed by atoms with Gasteiger partial charge in [0.15, 0.2) is 5.76 Å². The number of carbonyl (C=O) groups is 1. The number of nitrogens with zero attached hydrogens (tertiary/aromatic N) is 1. The molecule has 0 bridgehead atoms. The highest BCUT2D eigenvalue weighted by atomic mass is 32.2. The van der Waals surface area contributed by atoms with Crippen molar-refractivity contribution in [1.82, 2.24) is 20.5 Å². The van der Waals surface area contributed by atoms with Gasteiger partial charge in [0, 0.05) is 19.1 Å². The minimum absolute atomic E-state index is 0.00724. The molecule has 1 atom stereocenters. The first-order valence-corrected chi connectivity index (χ1v) is 10.8. The SMILES string of the molecule is Cc1noc(C)c1S(=O)(=O)NC(C)C(=O)NCCNC1CCCCCC1. The van der Waals surface area contributed by atoms with Gasteiger partial charge in [-0.2, -0.15) is 4.72 Å². The maximum atomic E-state index is 12.4. The van der Waals surface area contributed by atoms with Crippen LogP contribution < -0.4 is 15.4 Å². The van der Waals surface area contributed by atoms with E-state index in [9.17, 15) is 13.2 Å². The highest BCUT2D eigenvalue weighted by Crippen LogP contribution is 2.19. The van der Waals surface area contributed by atoms with Crippen molar-refractivity contribution in [3.63, 3.8) is 0 Å². The van der Waals surface area contributed by atoms with E-state index in [2.05, 4.69) is 20.5 Å². The fraction of sp³-hybridized carbons (Fsp3) is 0.765. The fourth-order valence-electron chi connectivity index (χ4n) is 3.30. The monoisotopic (exact) mass is 386 g/mol. The molecule has 1 amide bonds. The molecule has 1 aromatic heterocycles. The lowest BCUT2D eigenvalue weighted by molar-refractivity contribution is -0.122. The van der Waals surface area contributed by atoms with Crippen molar-refractivity contribution < 1.29 is 17.7 Å². The molecule has 0 spiro atoms. The Labute approximate surface area is 155 Å². The van der Waals surface area contributed by atoms with E-state index >= 15 is 0 Å². The van der Waals surface area contributed by atoms with Crippen molar-refractivity contribution in [2.24, 2.45) is 0 Å². The quantitative estimate of drug-likeness (QED) is 0.460. The van der Waals surface area contributed by atoms with Gasteiger partial charge in [0.25, 0.3) is 0 Å². The molecule has 1 saturated carbocycles. The van der Waals surface area contributed by atoms with Gasteiger partial charge in [-0.25, -0.2) is 8.42 Å². The minimum atomic E-state index is -3.86. The molecule has 9 heteroatoms. The molecule has 2 rings (SSSR count). The summed E-state index contributed by atoms with van der Waals surface area (Å²) in [6.45, 7) is 5.74. The Morgan fingerprint density at radius 3 is 2.42 bits per heavy atom. The number of amides is 1. The second-order valence-electron chi connectivity index (χ2n) is 6.93. The third-order valence-electron chi connectivity index (χ3n) is 4.67. The molecule has 8 nitrogen and oxygen atoms in total. The summed E-state index contributed by atoms with van der Waals surface area (Å²) >= 11 is 0. The molecule has 1 aliphatic carbocycles. The lowest BCUT2D eigenvalue weighted by Gasteiger charge is -2.17. The van der Waals surface area contributed by atoms with Crippen LogP contribution in [0.3, 0.4) is 0 Å². The summed E-state index contributed by atoms with van der Waals surface area (Å²) in [4.78, 5) is 12.2. The van der Waals surface area contributed by atoms with E-state index in [1.165, 1.54) is 52.4 Å². The zero-order chi connectivity index (χ0) is 19.2. The minimum Gasteiger partial charge on any atom is -0.360 e. The van der Waals surface area contributed by atoms with Gasteiger partial charge >= 0.3 is 0 Å². The zero-order valence-corrected chi connectivity index (χ0v) is 16.6. The summed E-state index contributed by atoms with van der Waals surface area (Å²) in [6.07, 6.45) is 7.48. The Kier molecular flexibility index (Phi) is 7.60. The Bertz CT molecular complexity index is 674. The first-order valence-electron chi connectivity index (χ1n) is 9.27. The van der Waals surface area contributed by atoms with Gasteiger partial charge in [0.2, 0.25) is 15.9 Å². The third-order valence-corrected chi connectivity index (χ3v) is 6.46. The predicted octanol–water partition coefficient (Wildman–Crippen LogP) is 1.39. The first-order chi connectivity index (χ1) is 12.3. The van der Waals surface area contributed by atoms with E-state index in [0.717, 1.165) is 0 Å². The van der Waals surface area contributed by atoms with Crippen LogP contribution in [0.4, 0.5) is 0 Å². The van der Waals surface area contributed by atoms with E-state index < -0.39 is 16.1 Å². The molecule has 1 aromatic rings. The Hall–Kier alpha value is -1.45. The van der Waals surface area contributed by atoms with Crippen LogP contribution in [0.25, 0.3) is 0 Å². The van der Waals surface area contributed by atoms with Gasteiger partial charge in [-0.1, -0.05) is 30.8 Å². The number of aromatic nitrogens is 1. The summed E-state index contributed by atoms with van der Waals surface area (Å²) < 4.78 is 32.1. The van der Waals surface area contributed by atoms with Crippen LogP contribution in [0.5, 0.6) is 0 Å².